The Morgan fingerprint density at radius 2 is 2.25 bits per heavy atom. The summed E-state index contributed by atoms with van der Waals surface area (Å²) in [6.07, 6.45) is 1.34. The molecule has 0 aliphatic rings. The number of aromatic nitrogens is 2. The van der Waals surface area contributed by atoms with Crippen LogP contribution >= 0.6 is 11.6 Å². The van der Waals surface area contributed by atoms with Gasteiger partial charge in [-0.1, -0.05) is 6.92 Å². The Kier molecular flexibility index (Phi) is 4.31. The van der Waals surface area contributed by atoms with Crippen LogP contribution in [0.3, 0.4) is 0 Å². The fourth-order valence-electron chi connectivity index (χ4n) is 1.23. The number of aliphatic hydroxyl groups excluding tert-OH is 1. The Morgan fingerprint density at radius 1 is 1.62 bits per heavy atom. The van der Waals surface area contributed by atoms with Gasteiger partial charge in [0.15, 0.2) is 5.03 Å². The summed E-state index contributed by atoms with van der Waals surface area (Å²) in [7, 11) is -2.05. The zero-order chi connectivity index (χ0) is 12.3. The summed E-state index contributed by atoms with van der Waals surface area (Å²) in [5, 5.41) is 8.79. The molecule has 0 aliphatic heterocycles. The van der Waals surface area contributed by atoms with Crippen LogP contribution in [0.4, 0.5) is 0 Å². The molecule has 16 heavy (non-hydrogen) atoms. The topological polar surface area (TPSA) is 75.4 Å². The number of nitrogens with zero attached hydrogens (tertiary/aromatic N) is 3. The summed E-state index contributed by atoms with van der Waals surface area (Å²) in [5.41, 5.74) is 0. The van der Waals surface area contributed by atoms with Crippen molar-refractivity contribution in [2.45, 2.75) is 11.9 Å². The van der Waals surface area contributed by atoms with Crippen LogP contribution in [0, 0.1) is 0 Å². The number of rotatable bonds is 5. The van der Waals surface area contributed by atoms with Gasteiger partial charge in [0, 0.05) is 26.3 Å². The first-order chi connectivity index (χ1) is 7.43. The lowest BCUT2D eigenvalue weighted by atomic mass is 10.6. The Labute approximate surface area is 99.5 Å². The minimum absolute atomic E-state index is 0.0486. The molecule has 0 spiro atoms. The van der Waals surface area contributed by atoms with Gasteiger partial charge in [0.1, 0.15) is 0 Å². The van der Waals surface area contributed by atoms with Crippen molar-refractivity contribution in [3.05, 3.63) is 11.5 Å². The van der Waals surface area contributed by atoms with Crippen molar-refractivity contribution >= 4 is 21.6 Å². The first-order valence-electron chi connectivity index (χ1n) is 4.73. The first kappa shape index (κ1) is 13.4. The summed E-state index contributed by atoms with van der Waals surface area (Å²) in [4.78, 5) is 3.75. The number of halogens is 1. The average Bonchev–Trinajstić information content (AvgIpc) is 2.56. The van der Waals surface area contributed by atoms with E-state index >= 15 is 0 Å². The largest absolute Gasteiger partial charge is 0.395 e. The van der Waals surface area contributed by atoms with Crippen molar-refractivity contribution in [3.63, 3.8) is 0 Å². The van der Waals surface area contributed by atoms with E-state index in [0.717, 1.165) is 4.31 Å². The van der Waals surface area contributed by atoms with Gasteiger partial charge in [-0.3, -0.25) is 0 Å². The summed E-state index contributed by atoms with van der Waals surface area (Å²) in [5.74, 6) is 0. The van der Waals surface area contributed by atoms with E-state index in [2.05, 4.69) is 4.98 Å². The van der Waals surface area contributed by atoms with Crippen LogP contribution in [0.25, 0.3) is 0 Å². The minimum Gasteiger partial charge on any atom is -0.395 e. The van der Waals surface area contributed by atoms with Crippen LogP contribution in [0.1, 0.15) is 6.92 Å². The van der Waals surface area contributed by atoms with Gasteiger partial charge in [-0.15, -0.1) is 0 Å². The van der Waals surface area contributed by atoms with Gasteiger partial charge in [0.2, 0.25) is 5.28 Å². The maximum atomic E-state index is 12.0. The molecule has 1 rings (SSSR count). The molecule has 92 valence electrons. The number of imidazole rings is 1. The van der Waals surface area contributed by atoms with E-state index in [1.54, 1.807) is 14.0 Å². The van der Waals surface area contributed by atoms with Crippen molar-refractivity contribution in [3.8, 4) is 0 Å². The number of hydrogen-bond acceptors (Lipinski definition) is 4. The predicted octanol–water partition coefficient (Wildman–Crippen LogP) is 0.0764. The molecule has 0 unspecified atom stereocenters. The van der Waals surface area contributed by atoms with Crippen LogP contribution in [0.5, 0.6) is 0 Å². The summed E-state index contributed by atoms with van der Waals surface area (Å²) >= 11 is 5.68. The Morgan fingerprint density at radius 3 is 2.62 bits per heavy atom. The van der Waals surface area contributed by atoms with Gasteiger partial charge >= 0.3 is 0 Å². The van der Waals surface area contributed by atoms with Crippen LogP contribution < -0.4 is 0 Å². The third-order valence-electron chi connectivity index (χ3n) is 2.10. The lowest BCUT2D eigenvalue weighted by Gasteiger charge is -2.17. The third kappa shape index (κ3) is 2.54. The highest BCUT2D eigenvalue weighted by Crippen LogP contribution is 2.16. The quantitative estimate of drug-likeness (QED) is 0.820. The van der Waals surface area contributed by atoms with Crippen LogP contribution in [-0.4, -0.2) is 47.1 Å². The van der Waals surface area contributed by atoms with Crippen LogP contribution in [-0.2, 0) is 17.1 Å². The monoisotopic (exact) mass is 267 g/mol. The fourth-order valence-corrected chi connectivity index (χ4v) is 2.84. The SMILES string of the molecule is CCN(CCO)S(=O)(=O)c1cn(C)c(Cl)n1. The van der Waals surface area contributed by atoms with E-state index in [9.17, 15) is 8.42 Å². The van der Waals surface area contributed by atoms with E-state index in [1.807, 2.05) is 0 Å². The van der Waals surface area contributed by atoms with E-state index in [-0.39, 0.29) is 30.0 Å². The molecule has 6 nitrogen and oxygen atoms in total. The van der Waals surface area contributed by atoms with Gasteiger partial charge in [-0.2, -0.15) is 4.31 Å². The molecule has 1 aromatic rings. The zero-order valence-electron chi connectivity index (χ0n) is 9.09. The van der Waals surface area contributed by atoms with E-state index in [4.69, 9.17) is 16.7 Å². The number of aliphatic hydroxyl groups is 1. The second-order valence-corrected chi connectivity index (χ2v) is 5.40. The van der Waals surface area contributed by atoms with Crippen molar-refractivity contribution in [2.75, 3.05) is 19.7 Å². The lowest BCUT2D eigenvalue weighted by molar-refractivity contribution is 0.257. The molecule has 0 radical (unpaired) electrons. The maximum absolute atomic E-state index is 12.0. The van der Waals surface area contributed by atoms with Crippen molar-refractivity contribution in [1.29, 1.82) is 0 Å². The van der Waals surface area contributed by atoms with E-state index in [1.165, 1.54) is 10.8 Å². The number of likely N-dealkylation sites (N-methyl/N-ethyl adjacent to an activating group) is 1. The van der Waals surface area contributed by atoms with Gasteiger partial charge in [0.25, 0.3) is 10.0 Å². The van der Waals surface area contributed by atoms with Crippen LogP contribution in [0.15, 0.2) is 11.2 Å². The van der Waals surface area contributed by atoms with Crippen molar-refractivity contribution in [2.24, 2.45) is 7.05 Å². The van der Waals surface area contributed by atoms with E-state index in [0.29, 0.717) is 0 Å². The number of hydrogen-bond donors (Lipinski definition) is 1. The number of sulfonamides is 1. The smallest absolute Gasteiger partial charge is 0.262 e. The highest BCUT2D eigenvalue weighted by molar-refractivity contribution is 7.89. The molecule has 1 N–H and O–H groups in total. The molecule has 0 bridgehead atoms. The normalized spacial score (nSPS) is 12.3. The standard InChI is InChI=1S/C8H14ClN3O3S/c1-3-12(4-5-13)16(14,15)7-6-11(2)8(9)10-7/h6,13H,3-5H2,1-2H3. The summed E-state index contributed by atoms with van der Waals surface area (Å²) in [6, 6.07) is 0. The molecule has 0 amide bonds. The Hall–Kier alpha value is -0.630. The van der Waals surface area contributed by atoms with Gasteiger partial charge < -0.3 is 9.67 Å². The van der Waals surface area contributed by atoms with Gasteiger partial charge in [0.05, 0.1) is 6.61 Å². The molecule has 0 saturated carbocycles. The highest BCUT2D eigenvalue weighted by atomic mass is 35.5. The summed E-state index contributed by atoms with van der Waals surface area (Å²) in [6.45, 7) is 1.79. The highest BCUT2D eigenvalue weighted by Gasteiger charge is 2.25. The predicted molar refractivity (Wildman–Crippen MR) is 59.7 cm³/mol. The molecule has 1 heterocycles. The third-order valence-corrected chi connectivity index (χ3v) is 4.30. The van der Waals surface area contributed by atoms with Gasteiger partial charge in [-0.25, -0.2) is 13.4 Å². The lowest BCUT2D eigenvalue weighted by Crippen LogP contribution is -2.33. The summed E-state index contributed by atoms with van der Waals surface area (Å²) < 4.78 is 26.6. The van der Waals surface area contributed by atoms with Crippen molar-refractivity contribution < 1.29 is 13.5 Å². The minimum atomic E-state index is -3.66. The molecule has 0 saturated heterocycles. The van der Waals surface area contributed by atoms with E-state index < -0.39 is 10.0 Å². The van der Waals surface area contributed by atoms with Crippen molar-refractivity contribution in [1.82, 2.24) is 13.9 Å². The molecule has 1 aromatic heterocycles. The number of aryl methyl sites for hydroxylation is 1. The Bertz CT molecular complexity index is 438. The second kappa shape index (κ2) is 5.13. The molecule has 8 heteroatoms. The second-order valence-electron chi connectivity index (χ2n) is 3.18. The first-order valence-corrected chi connectivity index (χ1v) is 6.55. The zero-order valence-corrected chi connectivity index (χ0v) is 10.7. The fraction of sp³-hybridized carbons (Fsp3) is 0.625. The Balaban J connectivity index is 3.09. The molecule has 0 fully saturated rings. The molecular weight excluding hydrogens is 254 g/mol. The molecule has 0 aromatic carbocycles. The van der Waals surface area contributed by atoms with Crippen LogP contribution in [0.2, 0.25) is 5.28 Å². The molecule has 0 aliphatic carbocycles. The van der Waals surface area contributed by atoms with Gasteiger partial charge in [-0.05, 0) is 11.6 Å². The molecular formula is C8H14ClN3O3S. The average molecular weight is 268 g/mol. The molecule has 0 atom stereocenters. The maximum Gasteiger partial charge on any atom is 0.262 e.